The van der Waals surface area contributed by atoms with Crippen LogP contribution in [0.3, 0.4) is 0 Å². The first-order chi connectivity index (χ1) is 36.5. The van der Waals surface area contributed by atoms with Crippen molar-refractivity contribution in [2.45, 2.75) is 19.3 Å². The van der Waals surface area contributed by atoms with Gasteiger partial charge in [0.1, 0.15) is 5.82 Å². The standard InChI is InChI=1S/C67H47N7/c1-67(2)59-30-16-15-29-53(59)55-36-57-58(37-60(55)67)65(73(48-24-7-4-8-25-48)62-42-69-39-45-20-10-13-27-51(45)62)54-33-32-49(72(47-22-5-3-6-23-47)61-41-68-38-44-19-9-12-26-50(44)61)35-56(54)66(57)74(64-31-17-18-34-71-64)63-43-70-40-46-21-11-14-28-52(46)63/h3-43H,1-2H3. The molecule has 7 heteroatoms. The third-order valence-electron chi connectivity index (χ3n) is 15.0. The lowest BCUT2D eigenvalue weighted by atomic mass is 9.81. The number of anilines is 9. The average molecular weight is 950 g/mol. The largest absolute Gasteiger partial charge is 0.308 e. The topological polar surface area (TPSA) is 61.3 Å². The van der Waals surface area contributed by atoms with Crippen molar-refractivity contribution in [2.75, 3.05) is 14.7 Å². The number of aromatic nitrogens is 4. The summed E-state index contributed by atoms with van der Waals surface area (Å²) in [5, 5.41) is 10.6. The molecule has 13 aromatic rings. The highest BCUT2D eigenvalue weighted by Crippen LogP contribution is 2.57. The number of nitrogens with zero attached hydrogens (tertiary/aromatic N) is 7. The van der Waals surface area contributed by atoms with Gasteiger partial charge in [0.15, 0.2) is 0 Å². The maximum atomic E-state index is 5.22. The first kappa shape index (κ1) is 43.1. The van der Waals surface area contributed by atoms with E-state index < -0.39 is 0 Å². The van der Waals surface area contributed by atoms with Crippen LogP contribution < -0.4 is 14.7 Å². The number of rotatable bonds is 9. The molecule has 0 bridgehead atoms. The fourth-order valence-electron chi connectivity index (χ4n) is 11.6. The molecule has 0 radical (unpaired) electrons. The Balaban J connectivity index is 1.21. The zero-order valence-electron chi connectivity index (χ0n) is 40.8. The van der Waals surface area contributed by atoms with E-state index in [0.717, 1.165) is 105 Å². The summed E-state index contributed by atoms with van der Waals surface area (Å²) in [5.74, 6) is 0.768. The lowest BCUT2D eigenvalue weighted by Gasteiger charge is -2.34. The van der Waals surface area contributed by atoms with Crippen LogP contribution in [0.15, 0.2) is 250 Å². The normalized spacial score (nSPS) is 12.6. The minimum Gasteiger partial charge on any atom is -0.308 e. The number of pyridine rings is 4. The Morgan fingerprint density at radius 3 is 1.42 bits per heavy atom. The Morgan fingerprint density at radius 1 is 0.324 bits per heavy atom. The second kappa shape index (κ2) is 17.3. The van der Waals surface area contributed by atoms with Gasteiger partial charge < -0.3 is 9.80 Å². The molecule has 7 nitrogen and oxygen atoms in total. The summed E-state index contributed by atoms with van der Waals surface area (Å²) >= 11 is 0. The first-order valence-electron chi connectivity index (χ1n) is 25.1. The van der Waals surface area contributed by atoms with E-state index in [1.165, 1.54) is 22.3 Å². The van der Waals surface area contributed by atoms with Crippen LogP contribution in [0.5, 0.6) is 0 Å². The zero-order valence-corrected chi connectivity index (χ0v) is 40.8. The van der Waals surface area contributed by atoms with Gasteiger partial charge in [-0.25, -0.2) is 4.98 Å². The van der Waals surface area contributed by atoms with Crippen LogP contribution in [-0.4, -0.2) is 19.9 Å². The minimum atomic E-state index is -0.294. The summed E-state index contributed by atoms with van der Waals surface area (Å²) in [6, 6.07) is 74.0. The van der Waals surface area contributed by atoms with Gasteiger partial charge in [0.05, 0.1) is 47.0 Å². The van der Waals surface area contributed by atoms with Crippen molar-refractivity contribution in [3.63, 3.8) is 0 Å². The van der Waals surface area contributed by atoms with Crippen LogP contribution in [0.4, 0.5) is 51.3 Å². The molecule has 0 spiro atoms. The van der Waals surface area contributed by atoms with E-state index in [4.69, 9.17) is 19.9 Å². The highest BCUT2D eigenvalue weighted by atomic mass is 15.2. The van der Waals surface area contributed by atoms with E-state index in [0.29, 0.717) is 0 Å². The van der Waals surface area contributed by atoms with E-state index in [2.05, 4.69) is 229 Å². The van der Waals surface area contributed by atoms with Gasteiger partial charge in [-0.1, -0.05) is 159 Å². The van der Waals surface area contributed by atoms with Crippen LogP contribution in [-0.2, 0) is 5.41 Å². The summed E-state index contributed by atoms with van der Waals surface area (Å²) in [7, 11) is 0. The molecule has 0 saturated heterocycles. The predicted molar refractivity (Wildman–Crippen MR) is 307 cm³/mol. The van der Waals surface area contributed by atoms with Gasteiger partial charge >= 0.3 is 0 Å². The molecular weight excluding hydrogens is 903 g/mol. The SMILES string of the molecule is CC1(C)c2ccccc2-c2cc3c(N(c4ccccn4)c4cncc5ccccc45)c4cc(N(c5ccccc5)c5cncc6ccccc56)ccc4c(N(c4ccccc4)c4cncc5ccccc45)c3cc21. The van der Waals surface area contributed by atoms with E-state index in [9.17, 15) is 0 Å². The maximum absolute atomic E-state index is 5.22. The lowest BCUT2D eigenvalue weighted by molar-refractivity contribution is 0.661. The van der Waals surface area contributed by atoms with Crippen molar-refractivity contribution in [3.8, 4) is 11.1 Å². The van der Waals surface area contributed by atoms with Crippen molar-refractivity contribution in [1.29, 1.82) is 0 Å². The molecule has 4 heterocycles. The molecular formula is C67H47N7. The van der Waals surface area contributed by atoms with Gasteiger partial charge in [0.25, 0.3) is 0 Å². The molecule has 1 aliphatic carbocycles. The Kier molecular flexibility index (Phi) is 10.0. The van der Waals surface area contributed by atoms with Crippen molar-refractivity contribution >= 4 is 105 Å². The Bertz CT molecular complexity index is 4300. The Hall–Kier alpha value is -9.72. The smallest absolute Gasteiger partial charge is 0.137 e. The molecule has 14 rings (SSSR count). The van der Waals surface area contributed by atoms with Crippen molar-refractivity contribution in [3.05, 3.63) is 261 Å². The van der Waals surface area contributed by atoms with E-state index in [1.807, 2.05) is 49.4 Å². The summed E-state index contributed by atoms with van der Waals surface area (Å²) < 4.78 is 0. The monoisotopic (exact) mass is 949 g/mol. The van der Waals surface area contributed by atoms with Gasteiger partial charge in [0.2, 0.25) is 0 Å². The molecule has 0 aliphatic heterocycles. The number of para-hydroxylation sites is 2. The summed E-state index contributed by atoms with van der Waals surface area (Å²) in [4.78, 5) is 27.1. The molecule has 350 valence electrons. The van der Waals surface area contributed by atoms with E-state index in [-0.39, 0.29) is 5.41 Å². The molecule has 0 amide bonds. The fourth-order valence-corrected chi connectivity index (χ4v) is 11.6. The molecule has 0 unspecified atom stereocenters. The molecule has 1 aliphatic rings. The molecule has 74 heavy (non-hydrogen) atoms. The zero-order chi connectivity index (χ0) is 49.3. The molecule has 0 saturated carbocycles. The summed E-state index contributed by atoms with van der Waals surface area (Å²) in [6.45, 7) is 4.73. The number of benzene rings is 9. The number of hydrogen-bond donors (Lipinski definition) is 0. The van der Waals surface area contributed by atoms with Crippen LogP contribution in [0.1, 0.15) is 25.0 Å². The lowest BCUT2D eigenvalue weighted by Crippen LogP contribution is -2.18. The first-order valence-corrected chi connectivity index (χ1v) is 25.1. The second-order valence-electron chi connectivity index (χ2n) is 19.5. The van der Waals surface area contributed by atoms with Crippen molar-refractivity contribution in [1.82, 2.24) is 19.9 Å². The van der Waals surface area contributed by atoms with Gasteiger partial charge in [-0.05, 0) is 82.9 Å². The summed E-state index contributed by atoms with van der Waals surface area (Å²) in [6.07, 6.45) is 13.7. The molecule has 9 aromatic carbocycles. The third kappa shape index (κ3) is 6.81. The van der Waals surface area contributed by atoms with Crippen molar-refractivity contribution in [2.24, 2.45) is 0 Å². The Morgan fingerprint density at radius 2 is 0.811 bits per heavy atom. The fraction of sp³-hybridized carbons (Fsp3) is 0.0448. The quantitative estimate of drug-likeness (QED) is 0.105. The second-order valence-corrected chi connectivity index (χ2v) is 19.5. The van der Waals surface area contributed by atoms with Gasteiger partial charge in [0, 0.05) is 101 Å². The average Bonchev–Trinajstić information content (AvgIpc) is 3.69. The predicted octanol–water partition coefficient (Wildman–Crippen LogP) is 17.7. The van der Waals surface area contributed by atoms with Crippen LogP contribution in [0.25, 0.3) is 65.0 Å². The molecule has 4 aromatic heterocycles. The van der Waals surface area contributed by atoms with Gasteiger partial charge in [-0.3, -0.25) is 19.9 Å². The molecule has 0 atom stereocenters. The summed E-state index contributed by atoms with van der Waals surface area (Å²) in [5.41, 5.74) is 12.6. The van der Waals surface area contributed by atoms with Crippen LogP contribution >= 0.6 is 0 Å². The highest BCUT2D eigenvalue weighted by molar-refractivity contribution is 6.26. The minimum absolute atomic E-state index is 0.294. The van der Waals surface area contributed by atoms with E-state index >= 15 is 0 Å². The van der Waals surface area contributed by atoms with Gasteiger partial charge in [-0.15, -0.1) is 0 Å². The number of hydrogen-bond acceptors (Lipinski definition) is 7. The van der Waals surface area contributed by atoms with Crippen LogP contribution in [0, 0.1) is 0 Å². The maximum Gasteiger partial charge on any atom is 0.137 e. The van der Waals surface area contributed by atoms with Crippen molar-refractivity contribution < 1.29 is 0 Å². The van der Waals surface area contributed by atoms with Gasteiger partial charge in [-0.2, -0.15) is 0 Å². The van der Waals surface area contributed by atoms with Crippen LogP contribution in [0.2, 0.25) is 0 Å². The third-order valence-corrected chi connectivity index (χ3v) is 15.0. The number of fused-ring (bicyclic) bond motifs is 8. The van der Waals surface area contributed by atoms with E-state index in [1.54, 1.807) is 0 Å². The highest BCUT2D eigenvalue weighted by Gasteiger charge is 2.38. The Labute approximate surface area is 428 Å². The molecule has 0 fully saturated rings. The molecule has 0 N–H and O–H groups in total.